The quantitative estimate of drug-likeness (QED) is 0.185. The number of hydrogen-bond acceptors (Lipinski definition) is 1. The summed E-state index contributed by atoms with van der Waals surface area (Å²) >= 11 is 0. The van der Waals surface area contributed by atoms with E-state index in [9.17, 15) is 0 Å². The molecule has 9 aromatic carbocycles. The van der Waals surface area contributed by atoms with E-state index in [2.05, 4.69) is 158 Å². The van der Waals surface area contributed by atoms with E-state index in [1.807, 2.05) is 12.1 Å². The highest BCUT2D eigenvalue weighted by atomic mass is 16.3. The van der Waals surface area contributed by atoms with Gasteiger partial charge in [-0.1, -0.05) is 146 Å². The fourth-order valence-corrected chi connectivity index (χ4v) is 7.75. The lowest BCUT2D eigenvalue weighted by molar-refractivity contribution is 0.669. The fourth-order valence-electron chi connectivity index (χ4n) is 7.75. The molecule has 1 nitrogen and oxygen atoms in total. The van der Waals surface area contributed by atoms with Crippen molar-refractivity contribution in [3.05, 3.63) is 170 Å². The monoisotopic (exact) mass is 596 g/mol. The maximum atomic E-state index is 6.37. The van der Waals surface area contributed by atoms with Gasteiger partial charge in [0.15, 0.2) is 0 Å². The van der Waals surface area contributed by atoms with Crippen molar-refractivity contribution in [3.63, 3.8) is 0 Å². The minimum Gasteiger partial charge on any atom is -0.456 e. The number of fused-ring (bicyclic) bond motifs is 7. The van der Waals surface area contributed by atoms with Crippen LogP contribution in [0.4, 0.5) is 0 Å². The molecule has 0 aliphatic heterocycles. The molecule has 10 aromatic rings. The second kappa shape index (κ2) is 10.2. The van der Waals surface area contributed by atoms with Gasteiger partial charge in [-0.05, 0) is 101 Å². The summed E-state index contributed by atoms with van der Waals surface area (Å²) in [7, 11) is 0. The normalized spacial score (nSPS) is 11.8. The number of furan rings is 1. The lowest BCUT2D eigenvalue weighted by atomic mass is 9.82. The summed E-state index contributed by atoms with van der Waals surface area (Å²) in [5.41, 5.74) is 9.21. The van der Waals surface area contributed by atoms with Crippen molar-refractivity contribution in [2.45, 2.75) is 0 Å². The summed E-state index contributed by atoms with van der Waals surface area (Å²) < 4.78 is 6.37. The predicted octanol–water partition coefficient (Wildman–Crippen LogP) is 13.2. The van der Waals surface area contributed by atoms with Crippen molar-refractivity contribution in [3.8, 4) is 33.4 Å². The zero-order valence-corrected chi connectivity index (χ0v) is 25.6. The van der Waals surface area contributed by atoms with Crippen LogP contribution in [0, 0.1) is 0 Å². The molecule has 0 bridgehead atoms. The maximum absolute atomic E-state index is 6.37. The smallest absolute Gasteiger partial charge is 0.136 e. The zero-order valence-electron chi connectivity index (χ0n) is 25.6. The Morgan fingerprint density at radius 2 is 0.787 bits per heavy atom. The molecular formula is C46H28O. The highest BCUT2D eigenvalue weighted by molar-refractivity contribution is 6.24. The van der Waals surface area contributed by atoms with Crippen LogP contribution in [0.15, 0.2) is 174 Å². The fraction of sp³-hybridized carbons (Fsp3) is 0. The predicted molar refractivity (Wildman–Crippen MR) is 200 cm³/mol. The Bertz CT molecular complexity index is 2800. The highest BCUT2D eigenvalue weighted by Gasteiger charge is 2.21. The molecule has 1 heteroatoms. The Balaban J connectivity index is 1.31. The van der Waals surface area contributed by atoms with Crippen LogP contribution in [0.25, 0.3) is 98.4 Å². The van der Waals surface area contributed by atoms with Crippen molar-refractivity contribution in [1.82, 2.24) is 0 Å². The summed E-state index contributed by atoms with van der Waals surface area (Å²) in [6.45, 7) is 0. The van der Waals surface area contributed by atoms with Gasteiger partial charge < -0.3 is 4.42 Å². The summed E-state index contributed by atoms with van der Waals surface area (Å²) in [5.74, 6) is 0. The Morgan fingerprint density at radius 1 is 0.277 bits per heavy atom. The molecule has 0 radical (unpaired) electrons. The number of benzene rings is 9. The van der Waals surface area contributed by atoms with Gasteiger partial charge in [0.1, 0.15) is 11.2 Å². The molecule has 47 heavy (non-hydrogen) atoms. The molecule has 1 aromatic heterocycles. The van der Waals surface area contributed by atoms with Crippen molar-refractivity contribution in [2.24, 2.45) is 0 Å². The van der Waals surface area contributed by atoms with Crippen LogP contribution in [-0.2, 0) is 0 Å². The topological polar surface area (TPSA) is 13.1 Å². The van der Waals surface area contributed by atoms with Gasteiger partial charge in [0.2, 0.25) is 0 Å². The van der Waals surface area contributed by atoms with Crippen LogP contribution in [0.5, 0.6) is 0 Å². The maximum Gasteiger partial charge on any atom is 0.136 e. The van der Waals surface area contributed by atoms with Gasteiger partial charge in [0, 0.05) is 10.8 Å². The highest BCUT2D eigenvalue weighted by Crippen LogP contribution is 2.48. The molecule has 0 unspecified atom stereocenters. The minimum absolute atomic E-state index is 0.911. The van der Waals surface area contributed by atoms with Crippen LogP contribution < -0.4 is 0 Å². The third kappa shape index (κ3) is 3.97. The second-order valence-electron chi connectivity index (χ2n) is 12.4. The molecule has 10 rings (SSSR count). The summed E-state index contributed by atoms with van der Waals surface area (Å²) in [4.78, 5) is 0. The summed E-state index contributed by atoms with van der Waals surface area (Å²) in [5, 5.41) is 12.2. The summed E-state index contributed by atoms with van der Waals surface area (Å²) in [6.07, 6.45) is 0. The van der Waals surface area contributed by atoms with Gasteiger partial charge >= 0.3 is 0 Å². The van der Waals surface area contributed by atoms with Crippen LogP contribution in [0.3, 0.4) is 0 Å². The molecule has 0 atom stereocenters. The van der Waals surface area contributed by atoms with Crippen molar-refractivity contribution in [1.29, 1.82) is 0 Å². The Hall–Kier alpha value is -6.18. The SMILES string of the molecule is c1ccc2cc(-c3c(-c4c5ccccc5c(-c5ccc6c(c5)oc5ccccc56)c5ccccc45)ccc4ccccc34)ccc2c1. The molecule has 1 heterocycles. The van der Waals surface area contributed by atoms with Crippen LogP contribution in [0.1, 0.15) is 0 Å². The van der Waals surface area contributed by atoms with Crippen molar-refractivity contribution in [2.75, 3.05) is 0 Å². The van der Waals surface area contributed by atoms with Gasteiger partial charge in [-0.3, -0.25) is 0 Å². The van der Waals surface area contributed by atoms with Gasteiger partial charge in [0.25, 0.3) is 0 Å². The van der Waals surface area contributed by atoms with Crippen molar-refractivity contribution < 1.29 is 4.42 Å². The Labute approximate surface area is 271 Å². The van der Waals surface area contributed by atoms with E-state index >= 15 is 0 Å². The second-order valence-corrected chi connectivity index (χ2v) is 12.4. The Kier molecular flexibility index (Phi) is 5.64. The van der Waals surface area contributed by atoms with Crippen LogP contribution >= 0.6 is 0 Å². The first-order valence-corrected chi connectivity index (χ1v) is 16.2. The molecule has 0 saturated heterocycles. The minimum atomic E-state index is 0.911. The molecule has 0 spiro atoms. The molecule has 0 amide bonds. The number of rotatable bonds is 3. The zero-order chi connectivity index (χ0) is 30.9. The van der Waals surface area contributed by atoms with Gasteiger partial charge in [0.05, 0.1) is 0 Å². The first-order chi connectivity index (χ1) is 23.3. The first kappa shape index (κ1) is 26.1. The molecule has 0 aliphatic carbocycles. The van der Waals surface area contributed by atoms with E-state index in [-0.39, 0.29) is 0 Å². The molecular weight excluding hydrogens is 569 g/mol. The van der Waals surface area contributed by atoms with E-state index < -0.39 is 0 Å². The third-order valence-corrected chi connectivity index (χ3v) is 9.84. The molecule has 0 fully saturated rings. The van der Waals surface area contributed by atoms with E-state index in [1.165, 1.54) is 70.9 Å². The molecule has 0 N–H and O–H groups in total. The molecule has 218 valence electrons. The third-order valence-electron chi connectivity index (χ3n) is 9.84. The lowest BCUT2D eigenvalue weighted by Crippen LogP contribution is -1.94. The van der Waals surface area contributed by atoms with Gasteiger partial charge in [-0.25, -0.2) is 0 Å². The average Bonchev–Trinajstić information content (AvgIpc) is 3.51. The van der Waals surface area contributed by atoms with E-state index in [1.54, 1.807) is 0 Å². The first-order valence-electron chi connectivity index (χ1n) is 16.2. The Morgan fingerprint density at radius 3 is 1.53 bits per heavy atom. The lowest BCUT2D eigenvalue weighted by Gasteiger charge is -2.21. The van der Waals surface area contributed by atoms with Crippen molar-refractivity contribution >= 4 is 65.0 Å². The van der Waals surface area contributed by atoms with Crippen LogP contribution in [-0.4, -0.2) is 0 Å². The van der Waals surface area contributed by atoms with Crippen LogP contribution in [0.2, 0.25) is 0 Å². The average molecular weight is 597 g/mol. The standard InChI is InChI=1S/C46H28O/c1-2-13-31-27-32(22-21-29(31)11-1)44-34-14-4-3-12-30(34)23-26-41(44)46-39-18-7-5-16-37(39)45(38-17-6-8-19-40(38)46)33-24-25-36-35-15-9-10-20-42(35)47-43(36)28-33/h1-28H. The van der Waals surface area contributed by atoms with Gasteiger partial charge in [-0.15, -0.1) is 0 Å². The largest absolute Gasteiger partial charge is 0.456 e. The van der Waals surface area contributed by atoms with Gasteiger partial charge in [-0.2, -0.15) is 0 Å². The number of para-hydroxylation sites is 1. The molecule has 0 saturated carbocycles. The van der Waals surface area contributed by atoms with E-state index in [4.69, 9.17) is 4.42 Å². The van der Waals surface area contributed by atoms with E-state index in [0.717, 1.165) is 27.5 Å². The van der Waals surface area contributed by atoms with E-state index in [0.29, 0.717) is 0 Å². The molecule has 0 aliphatic rings. The summed E-state index contributed by atoms with van der Waals surface area (Å²) in [6, 6.07) is 61.7. The number of hydrogen-bond donors (Lipinski definition) is 0.